The largest absolute Gasteiger partial charge is 0.437 e. The van der Waals surface area contributed by atoms with E-state index in [-0.39, 0.29) is 5.91 Å². The van der Waals surface area contributed by atoms with Gasteiger partial charge in [0.25, 0.3) is 0 Å². The summed E-state index contributed by atoms with van der Waals surface area (Å²) in [7, 11) is 3.68. The molecule has 0 atom stereocenters. The molecule has 4 aromatic rings. The van der Waals surface area contributed by atoms with Crippen LogP contribution >= 0.6 is 0 Å². The molecule has 0 radical (unpaired) electrons. The van der Waals surface area contributed by atoms with E-state index in [1.165, 1.54) is 0 Å². The molecule has 0 bridgehead atoms. The quantitative estimate of drug-likeness (QED) is 0.494. The highest BCUT2D eigenvalue weighted by molar-refractivity contribution is 5.82. The summed E-state index contributed by atoms with van der Waals surface area (Å²) in [6.07, 6.45) is 6.99. The highest BCUT2D eigenvalue weighted by Crippen LogP contribution is 2.26. The summed E-state index contributed by atoms with van der Waals surface area (Å²) in [6.45, 7) is 2.79. The molecule has 31 heavy (non-hydrogen) atoms. The Morgan fingerprint density at radius 2 is 1.87 bits per heavy atom. The van der Waals surface area contributed by atoms with Gasteiger partial charge in [-0.05, 0) is 36.4 Å². The molecule has 1 aromatic carbocycles. The van der Waals surface area contributed by atoms with E-state index >= 15 is 0 Å². The Hall–Kier alpha value is -3.94. The number of nitrogens with one attached hydrogen (secondary N) is 1. The fourth-order valence-electron chi connectivity index (χ4n) is 3.07. The summed E-state index contributed by atoms with van der Waals surface area (Å²) >= 11 is 0. The van der Waals surface area contributed by atoms with Crippen molar-refractivity contribution in [2.24, 2.45) is 0 Å². The lowest BCUT2D eigenvalue weighted by Crippen LogP contribution is -2.33. The van der Waals surface area contributed by atoms with Crippen LogP contribution in [-0.2, 0) is 4.79 Å². The molecule has 0 spiro atoms. The summed E-state index contributed by atoms with van der Waals surface area (Å²) in [5.41, 5.74) is 2.92. The lowest BCUT2D eigenvalue weighted by Gasteiger charge is -2.22. The number of ether oxygens (including phenoxy) is 1. The molecular weight excluding hydrogens is 392 g/mol. The van der Waals surface area contributed by atoms with E-state index in [1.807, 2.05) is 54.7 Å². The normalized spacial score (nSPS) is 10.8. The Balaban J connectivity index is 1.43. The van der Waals surface area contributed by atoms with Gasteiger partial charge in [-0.25, -0.2) is 0 Å². The zero-order valence-electron chi connectivity index (χ0n) is 17.7. The molecule has 0 saturated carbocycles. The van der Waals surface area contributed by atoms with Crippen LogP contribution in [0.3, 0.4) is 0 Å². The van der Waals surface area contributed by atoms with Gasteiger partial charge in [0.1, 0.15) is 5.75 Å². The molecule has 158 valence electrons. The number of nitrogens with zero attached hydrogens (tertiary/aromatic N) is 5. The summed E-state index contributed by atoms with van der Waals surface area (Å²) in [6, 6.07) is 11.8. The number of hydrogen-bond acceptors (Lipinski definition) is 6. The second-order valence-corrected chi connectivity index (χ2v) is 7.34. The fourth-order valence-corrected chi connectivity index (χ4v) is 3.07. The maximum absolute atomic E-state index is 11.4. The smallest absolute Gasteiger partial charge is 0.239 e. The highest BCUT2D eigenvalue weighted by atomic mass is 16.5. The third-order valence-electron chi connectivity index (χ3n) is 5.11. The van der Waals surface area contributed by atoms with Gasteiger partial charge < -0.3 is 19.5 Å². The van der Waals surface area contributed by atoms with Crippen molar-refractivity contribution in [3.63, 3.8) is 0 Å². The number of fused-ring (bicyclic) bond motifs is 1. The fraction of sp³-hybridized carbons (Fsp3) is 0.217. The van der Waals surface area contributed by atoms with Crippen LogP contribution in [0.2, 0.25) is 0 Å². The number of hydrogen-bond donors (Lipinski definition) is 1. The van der Waals surface area contributed by atoms with Crippen molar-refractivity contribution in [1.82, 2.24) is 24.8 Å². The molecule has 0 aliphatic rings. The van der Waals surface area contributed by atoms with Gasteiger partial charge in [-0.2, -0.15) is 4.98 Å². The van der Waals surface area contributed by atoms with Gasteiger partial charge in [-0.3, -0.25) is 14.8 Å². The summed E-state index contributed by atoms with van der Waals surface area (Å²) in [4.78, 5) is 31.4. The van der Waals surface area contributed by atoms with E-state index in [0.29, 0.717) is 30.5 Å². The predicted molar refractivity (Wildman–Crippen MR) is 120 cm³/mol. The van der Waals surface area contributed by atoms with Crippen molar-refractivity contribution in [1.29, 1.82) is 0 Å². The number of anilines is 1. The van der Waals surface area contributed by atoms with Gasteiger partial charge in [0.05, 0.1) is 29.8 Å². The van der Waals surface area contributed by atoms with Crippen molar-refractivity contribution in [3.05, 3.63) is 61.2 Å². The third-order valence-corrected chi connectivity index (χ3v) is 5.11. The Morgan fingerprint density at radius 3 is 2.65 bits per heavy atom. The maximum atomic E-state index is 11.4. The van der Waals surface area contributed by atoms with E-state index in [0.717, 1.165) is 22.2 Å². The Kier molecular flexibility index (Phi) is 5.79. The minimum Gasteiger partial charge on any atom is -0.437 e. The van der Waals surface area contributed by atoms with Crippen LogP contribution < -0.4 is 9.64 Å². The number of aromatic nitrogens is 4. The highest BCUT2D eigenvalue weighted by Gasteiger charge is 2.09. The Morgan fingerprint density at radius 1 is 1.06 bits per heavy atom. The molecule has 1 N–H and O–H groups in total. The molecule has 0 aliphatic heterocycles. The van der Waals surface area contributed by atoms with Gasteiger partial charge in [0, 0.05) is 51.3 Å². The van der Waals surface area contributed by atoms with Crippen molar-refractivity contribution < 1.29 is 9.53 Å². The monoisotopic (exact) mass is 416 g/mol. The first kappa shape index (κ1) is 20.3. The lowest BCUT2D eigenvalue weighted by molar-refractivity contribution is -0.127. The van der Waals surface area contributed by atoms with Gasteiger partial charge in [-0.15, -0.1) is 0 Å². The second-order valence-electron chi connectivity index (χ2n) is 7.34. The molecule has 0 saturated heterocycles. The predicted octanol–water partition coefficient (Wildman–Crippen LogP) is 3.73. The van der Waals surface area contributed by atoms with Crippen LogP contribution in [0, 0.1) is 0 Å². The molecule has 4 rings (SSSR count). The zero-order valence-corrected chi connectivity index (χ0v) is 17.7. The number of H-pyrrole nitrogens is 1. The van der Waals surface area contributed by atoms with Crippen LogP contribution in [0.25, 0.3) is 22.2 Å². The summed E-state index contributed by atoms with van der Waals surface area (Å²) in [5, 5.41) is 1.12. The van der Waals surface area contributed by atoms with Crippen molar-refractivity contribution in [2.45, 2.75) is 6.92 Å². The van der Waals surface area contributed by atoms with Crippen LogP contribution in [0.15, 0.2) is 61.2 Å². The van der Waals surface area contributed by atoms with E-state index in [2.05, 4.69) is 26.0 Å². The summed E-state index contributed by atoms with van der Waals surface area (Å²) < 4.78 is 5.89. The minimum atomic E-state index is 0.0308. The first-order valence-corrected chi connectivity index (χ1v) is 9.96. The van der Waals surface area contributed by atoms with Gasteiger partial charge >= 0.3 is 0 Å². The molecule has 3 heterocycles. The van der Waals surface area contributed by atoms with Crippen molar-refractivity contribution >= 4 is 22.6 Å². The van der Waals surface area contributed by atoms with Gasteiger partial charge in [-0.1, -0.05) is 0 Å². The molecule has 3 aromatic heterocycles. The van der Waals surface area contributed by atoms with E-state index < -0.39 is 0 Å². The molecule has 8 nitrogen and oxygen atoms in total. The Labute approximate surface area is 180 Å². The third kappa shape index (κ3) is 4.80. The zero-order chi connectivity index (χ0) is 21.8. The average Bonchev–Trinajstić information content (AvgIpc) is 3.26. The van der Waals surface area contributed by atoms with E-state index in [1.54, 1.807) is 31.3 Å². The first-order valence-electron chi connectivity index (χ1n) is 9.96. The molecule has 0 unspecified atom stereocenters. The van der Waals surface area contributed by atoms with E-state index in [9.17, 15) is 4.79 Å². The van der Waals surface area contributed by atoms with Crippen LogP contribution in [0.5, 0.6) is 11.6 Å². The lowest BCUT2D eigenvalue weighted by atomic mass is 10.1. The number of benzene rings is 1. The van der Waals surface area contributed by atoms with E-state index in [4.69, 9.17) is 4.74 Å². The molecular formula is C23H24N6O2. The van der Waals surface area contributed by atoms with Gasteiger partial charge in [0.15, 0.2) is 5.82 Å². The maximum Gasteiger partial charge on any atom is 0.239 e. The SMILES string of the molecule is CC(=O)N(C)CCN(C)c1cncc(Oc2ccc(-c3cc4cc[nH]c4cn3)cc2)n1. The topological polar surface area (TPSA) is 87.2 Å². The minimum absolute atomic E-state index is 0.0308. The number of amides is 1. The standard InChI is InChI=1S/C23H24N6O2/c1-16(30)28(2)10-11-29(3)22-14-24-15-23(27-22)31-19-6-4-17(5-7-19)20-12-18-8-9-25-21(18)13-26-20/h4-9,12-15,25H,10-11H2,1-3H3. The second kappa shape index (κ2) is 8.83. The number of carbonyl (C=O) groups excluding carboxylic acids is 1. The number of likely N-dealkylation sites (N-methyl/N-ethyl adjacent to an activating group) is 2. The van der Waals surface area contributed by atoms with Crippen LogP contribution in [0.1, 0.15) is 6.92 Å². The van der Waals surface area contributed by atoms with Crippen molar-refractivity contribution in [2.75, 3.05) is 32.1 Å². The number of rotatable bonds is 7. The molecule has 0 fully saturated rings. The van der Waals surface area contributed by atoms with Gasteiger partial charge in [0.2, 0.25) is 11.8 Å². The molecule has 1 amide bonds. The number of aromatic amines is 1. The molecule has 8 heteroatoms. The average molecular weight is 416 g/mol. The van der Waals surface area contributed by atoms with Crippen LogP contribution in [-0.4, -0.2) is 57.9 Å². The molecule has 0 aliphatic carbocycles. The Bertz CT molecular complexity index is 1190. The van der Waals surface area contributed by atoms with Crippen LogP contribution in [0.4, 0.5) is 5.82 Å². The number of pyridine rings is 1. The summed E-state index contributed by atoms with van der Waals surface area (Å²) in [5.74, 6) is 1.78. The number of carbonyl (C=O) groups is 1. The van der Waals surface area contributed by atoms with Crippen molar-refractivity contribution in [3.8, 4) is 22.9 Å². The first-order chi connectivity index (χ1) is 15.0.